The van der Waals surface area contributed by atoms with Crippen LogP contribution in [0.1, 0.15) is 26.4 Å². The van der Waals surface area contributed by atoms with E-state index in [9.17, 15) is 4.79 Å². The Morgan fingerprint density at radius 3 is 2.32 bits per heavy atom. The Morgan fingerprint density at radius 2 is 1.68 bits per heavy atom. The molecule has 2 aromatic carbocycles. The van der Waals surface area contributed by atoms with Crippen LogP contribution < -0.4 is 10.3 Å². The number of thiophene rings is 1. The summed E-state index contributed by atoms with van der Waals surface area (Å²) >= 11 is 10.1. The van der Waals surface area contributed by atoms with E-state index >= 15 is 0 Å². The summed E-state index contributed by atoms with van der Waals surface area (Å²) in [5.74, 6) is 0.735. The van der Waals surface area contributed by atoms with Crippen molar-refractivity contribution in [2.75, 3.05) is 5.73 Å². The standard InChI is InChI=1S/C24H18Br2N2OS2/c1-15-3-2-12-28(13-15)21-20(27)23(22(29)17-6-10-19(26)11-7-17)31-24(21)30-14-16-4-8-18(25)9-5-16/h2-13H,14H2,1H3,(H-,27,29)/p+1. The average molecular weight is 575 g/mol. The number of aromatic nitrogens is 1. The van der Waals surface area contributed by atoms with Crippen LogP contribution in [0.5, 0.6) is 0 Å². The van der Waals surface area contributed by atoms with E-state index in [-0.39, 0.29) is 5.78 Å². The first kappa shape index (κ1) is 22.3. The molecule has 0 saturated heterocycles. The predicted octanol–water partition coefficient (Wildman–Crippen LogP) is 6.96. The maximum Gasteiger partial charge on any atom is 0.259 e. The number of ketones is 1. The fraction of sp³-hybridized carbons (Fsp3) is 0.0833. The summed E-state index contributed by atoms with van der Waals surface area (Å²) in [5.41, 5.74) is 10.9. The number of pyridine rings is 1. The molecule has 0 bridgehead atoms. The molecule has 0 aliphatic heterocycles. The number of aryl methyl sites for hydroxylation is 1. The maximum absolute atomic E-state index is 13.2. The molecule has 2 aromatic heterocycles. The van der Waals surface area contributed by atoms with Gasteiger partial charge in [-0.1, -0.05) is 44.0 Å². The molecule has 0 unspecified atom stereocenters. The molecular formula is C24H19Br2N2OS2+. The van der Waals surface area contributed by atoms with E-state index in [2.05, 4.69) is 44.0 Å². The van der Waals surface area contributed by atoms with Crippen molar-refractivity contribution < 1.29 is 9.36 Å². The highest BCUT2D eigenvalue weighted by molar-refractivity contribution is 9.10. The highest BCUT2D eigenvalue weighted by Gasteiger charge is 2.28. The molecule has 2 N–H and O–H groups in total. The van der Waals surface area contributed by atoms with Gasteiger partial charge in [0.1, 0.15) is 14.8 Å². The Balaban J connectivity index is 1.74. The molecule has 3 nitrogen and oxygen atoms in total. The number of benzene rings is 2. The number of halogens is 2. The molecule has 0 saturated carbocycles. The van der Waals surface area contributed by atoms with Gasteiger partial charge in [0.05, 0.1) is 0 Å². The van der Waals surface area contributed by atoms with Gasteiger partial charge in [-0.2, -0.15) is 4.57 Å². The van der Waals surface area contributed by atoms with Gasteiger partial charge in [-0.3, -0.25) is 4.79 Å². The van der Waals surface area contributed by atoms with Crippen molar-refractivity contribution >= 4 is 66.4 Å². The molecule has 156 valence electrons. The number of nitrogens with zero attached hydrogens (tertiary/aromatic N) is 1. The van der Waals surface area contributed by atoms with Crippen LogP contribution >= 0.6 is 55.0 Å². The molecule has 31 heavy (non-hydrogen) atoms. The number of nitrogen functional groups attached to an aromatic ring is 1. The third-order valence-corrected chi connectivity index (χ3v) is 8.27. The third kappa shape index (κ3) is 5.12. The van der Waals surface area contributed by atoms with Crippen molar-refractivity contribution in [2.24, 2.45) is 0 Å². The zero-order chi connectivity index (χ0) is 22.0. The quantitative estimate of drug-likeness (QED) is 0.154. The lowest BCUT2D eigenvalue weighted by Crippen LogP contribution is -2.31. The van der Waals surface area contributed by atoms with E-state index in [0.717, 1.165) is 30.2 Å². The molecule has 0 radical (unpaired) electrons. The van der Waals surface area contributed by atoms with Gasteiger partial charge >= 0.3 is 0 Å². The molecule has 4 rings (SSSR count). The van der Waals surface area contributed by atoms with Crippen LogP contribution in [0.3, 0.4) is 0 Å². The first-order valence-electron chi connectivity index (χ1n) is 9.50. The molecular weight excluding hydrogens is 556 g/mol. The van der Waals surface area contributed by atoms with Crippen molar-refractivity contribution in [3.8, 4) is 5.69 Å². The molecule has 0 atom stereocenters. The molecule has 0 amide bonds. The smallest absolute Gasteiger partial charge is 0.259 e. The minimum Gasteiger partial charge on any atom is -0.392 e. The van der Waals surface area contributed by atoms with E-state index in [1.54, 1.807) is 11.8 Å². The van der Waals surface area contributed by atoms with Crippen molar-refractivity contribution in [3.63, 3.8) is 0 Å². The fourth-order valence-electron chi connectivity index (χ4n) is 3.12. The van der Waals surface area contributed by atoms with Crippen molar-refractivity contribution in [1.82, 2.24) is 0 Å². The summed E-state index contributed by atoms with van der Waals surface area (Å²) in [5, 5.41) is 0. The molecule has 0 fully saturated rings. The second-order valence-electron chi connectivity index (χ2n) is 7.02. The summed E-state index contributed by atoms with van der Waals surface area (Å²) < 4.78 is 5.03. The summed E-state index contributed by atoms with van der Waals surface area (Å²) in [6.07, 6.45) is 4.01. The van der Waals surface area contributed by atoms with E-state index < -0.39 is 0 Å². The number of nitrogens with two attached hydrogens (primary N) is 1. The topological polar surface area (TPSA) is 47.0 Å². The Hall–Kier alpha value is -1.93. The summed E-state index contributed by atoms with van der Waals surface area (Å²) in [6.45, 7) is 2.04. The van der Waals surface area contributed by atoms with Crippen molar-refractivity contribution in [3.05, 3.63) is 104 Å². The minimum absolute atomic E-state index is 0.0556. The maximum atomic E-state index is 13.2. The molecule has 4 aromatic rings. The Labute approximate surface area is 206 Å². The monoisotopic (exact) mass is 573 g/mol. The second-order valence-corrected chi connectivity index (χ2v) is 11.1. The number of hydrogen-bond acceptors (Lipinski definition) is 4. The van der Waals surface area contributed by atoms with Crippen LogP contribution in [-0.4, -0.2) is 5.78 Å². The number of carbonyl (C=O) groups excluding carboxylic acids is 1. The Bertz CT molecular complexity index is 1240. The number of thioether (sulfide) groups is 1. The van der Waals surface area contributed by atoms with Crippen LogP contribution in [0.2, 0.25) is 0 Å². The summed E-state index contributed by atoms with van der Waals surface area (Å²) in [7, 11) is 0. The van der Waals surface area contributed by atoms with E-state index in [1.165, 1.54) is 16.9 Å². The van der Waals surface area contributed by atoms with Crippen LogP contribution in [0.4, 0.5) is 5.69 Å². The SMILES string of the molecule is Cc1ccc[n+](-c2c(SCc3ccc(Br)cc3)sc(C(=O)c3ccc(Br)cc3)c2N)c1. The molecule has 2 heterocycles. The van der Waals surface area contributed by atoms with Gasteiger partial charge in [0, 0.05) is 31.9 Å². The van der Waals surface area contributed by atoms with Crippen LogP contribution in [0.15, 0.2) is 86.2 Å². The van der Waals surface area contributed by atoms with E-state index in [1.807, 2.05) is 72.4 Å². The summed E-state index contributed by atoms with van der Waals surface area (Å²) in [4.78, 5) is 13.8. The lowest BCUT2D eigenvalue weighted by Gasteiger charge is -2.02. The summed E-state index contributed by atoms with van der Waals surface area (Å²) in [6, 6.07) is 19.7. The lowest BCUT2D eigenvalue weighted by molar-refractivity contribution is -0.597. The highest BCUT2D eigenvalue weighted by Crippen LogP contribution is 2.41. The minimum atomic E-state index is -0.0556. The van der Waals surface area contributed by atoms with Gasteiger partial charge < -0.3 is 5.73 Å². The zero-order valence-electron chi connectivity index (χ0n) is 16.6. The predicted molar refractivity (Wildman–Crippen MR) is 136 cm³/mol. The number of carbonyl (C=O) groups is 1. The van der Waals surface area contributed by atoms with Crippen LogP contribution in [0, 0.1) is 6.92 Å². The van der Waals surface area contributed by atoms with E-state index in [0.29, 0.717) is 16.1 Å². The zero-order valence-corrected chi connectivity index (χ0v) is 21.4. The van der Waals surface area contributed by atoms with Gasteiger partial charge in [0.2, 0.25) is 5.78 Å². The van der Waals surface area contributed by atoms with Gasteiger partial charge in [-0.25, -0.2) is 0 Å². The van der Waals surface area contributed by atoms with Gasteiger partial charge in [0.15, 0.2) is 12.4 Å². The van der Waals surface area contributed by atoms with Crippen LogP contribution in [0.25, 0.3) is 5.69 Å². The number of hydrogen-bond donors (Lipinski definition) is 1. The normalized spacial score (nSPS) is 10.9. The molecule has 0 aliphatic rings. The molecule has 0 spiro atoms. The molecule has 7 heteroatoms. The van der Waals surface area contributed by atoms with Crippen LogP contribution in [-0.2, 0) is 5.75 Å². The Morgan fingerprint density at radius 1 is 1.03 bits per heavy atom. The average Bonchev–Trinajstić information content (AvgIpc) is 3.09. The van der Waals surface area contributed by atoms with Gasteiger partial charge in [0.25, 0.3) is 5.69 Å². The first-order valence-corrected chi connectivity index (χ1v) is 12.9. The van der Waals surface area contributed by atoms with Gasteiger partial charge in [-0.05, 0) is 55.0 Å². The highest BCUT2D eigenvalue weighted by atomic mass is 79.9. The second kappa shape index (κ2) is 9.69. The van der Waals surface area contributed by atoms with Crippen molar-refractivity contribution in [2.45, 2.75) is 16.9 Å². The first-order chi connectivity index (χ1) is 14.9. The van der Waals surface area contributed by atoms with Gasteiger partial charge in [-0.15, -0.1) is 23.1 Å². The number of rotatable bonds is 6. The lowest BCUT2D eigenvalue weighted by atomic mass is 10.1. The third-order valence-electron chi connectivity index (χ3n) is 4.69. The molecule has 0 aliphatic carbocycles. The Kier molecular flexibility index (Phi) is 6.96. The fourth-order valence-corrected chi connectivity index (χ4v) is 6.07. The largest absolute Gasteiger partial charge is 0.392 e. The number of anilines is 1. The van der Waals surface area contributed by atoms with E-state index in [4.69, 9.17) is 5.73 Å². The van der Waals surface area contributed by atoms with Crippen molar-refractivity contribution in [1.29, 1.82) is 0 Å².